The summed E-state index contributed by atoms with van der Waals surface area (Å²) in [5, 5.41) is 3.34. The molecule has 0 amide bonds. The van der Waals surface area contributed by atoms with Gasteiger partial charge in [0.15, 0.2) is 0 Å². The van der Waals surface area contributed by atoms with Crippen molar-refractivity contribution in [1.29, 1.82) is 0 Å². The van der Waals surface area contributed by atoms with Gasteiger partial charge in [-0.1, -0.05) is 12.1 Å². The van der Waals surface area contributed by atoms with E-state index in [1.54, 1.807) is 12.1 Å². The van der Waals surface area contributed by atoms with Crippen molar-refractivity contribution in [3.63, 3.8) is 0 Å². The zero-order valence-electron chi connectivity index (χ0n) is 9.17. The van der Waals surface area contributed by atoms with Gasteiger partial charge in [-0.25, -0.2) is 4.39 Å². The van der Waals surface area contributed by atoms with Crippen LogP contribution in [0.3, 0.4) is 0 Å². The van der Waals surface area contributed by atoms with Gasteiger partial charge in [-0.05, 0) is 50.6 Å². The molecule has 3 N–H and O–H groups in total. The first kappa shape index (κ1) is 12.1. The number of hydrogen-bond acceptors (Lipinski definition) is 2. The monoisotopic (exact) mass is 210 g/mol. The summed E-state index contributed by atoms with van der Waals surface area (Å²) in [7, 11) is 0. The minimum Gasteiger partial charge on any atom is -0.330 e. The molecule has 0 aliphatic rings. The molecule has 0 spiro atoms. The fourth-order valence-electron chi connectivity index (χ4n) is 1.48. The van der Waals surface area contributed by atoms with Crippen LogP contribution in [0.4, 0.5) is 4.39 Å². The van der Waals surface area contributed by atoms with Crippen LogP contribution >= 0.6 is 0 Å². The molecule has 2 nitrogen and oxygen atoms in total. The van der Waals surface area contributed by atoms with E-state index in [1.807, 2.05) is 13.0 Å². The molecule has 0 aromatic heterocycles. The van der Waals surface area contributed by atoms with Gasteiger partial charge >= 0.3 is 0 Å². The van der Waals surface area contributed by atoms with Gasteiger partial charge in [-0.2, -0.15) is 0 Å². The summed E-state index contributed by atoms with van der Waals surface area (Å²) < 4.78 is 12.9. The number of halogens is 1. The third kappa shape index (κ3) is 4.40. The Bertz CT molecular complexity index is 289. The van der Waals surface area contributed by atoms with Gasteiger partial charge < -0.3 is 11.1 Å². The molecule has 84 valence electrons. The number of benzene rings is 1. The summed E-state index contributed by atoms with van der Waals surface area (Å²) in [5.74, 6) is -0.178. The first-order chi connectivity index (χ1) is 7.24. The Morgan fingerprint density at radius 3 is 2.87 bits per heavy atom. The maximum absolute atomic E-state index is 12.9. The Balaban J connectivity index is 2.36. The van der Waals surface area contributed by atoms with Crippen LogP contribution in [0.25, 0.3) is 0 Å². The molecule has 3 heteroatoms. The lowest BCUT2D eigenvalue weighted by Crippen LogP contribution is -2.20. The van der Waals surface area contributed by atoms with Gasteiger partial charge in [-0.3, -0.25) is 0 Å². The van der Waals surface area contributed by atoms with E-state index in [0.717, 1.165) is 31.5 Å². The third-order valence-electron chi connectivity index (χ3n) is 2.43. The molecule has 0 saturated carbocycles. The first-order valence-corrected chi connectivity index (χ1v) is 5.43. The van der Waals surface area contributed by atoms with E-state index in [-0.39, 0.29) is 11.9 Å². The van der Waals surface area contributed by atoms with E-state index in [0.29, 0.717) is 0 Å². The molecule has 1 rings (SSSR count). The van der Waals surface area contributed by atoms with Crippen molar-refractivity contribution in [1.82, 2.24) is 5.32 Å². The fourth-order valence-corrected chi connectivity index (χ4v) is 1.48. The number of unbranched alkanes of at least 4 members (excludes halogenated alkanes) is 1. The van der Waals surface area contributed by atoms with Crippen LogP contribution in [-0.2, 0) is 0 Å². The summed E-state index contributed by atoms with van der Waals surface area (Å²) >= 11 is 0. The van der Waals surface area contributed by atoms with Crippen LogP contribution in [0.15, 0.2) is 24.3 Å². The van der Waals surface area contributed by atoms with Crippen LogP contribution in [0.5, 0.6) is 0 Å². The third-order valence-corrected chi connectivity index (χ3v) is 2.43. The summed E-state index contributed by atoms with van der Waals surface area (Å²) in [5.41, 5.74) is 6.39. The topological polar surface area (TPSA) is 38.0 Å². The molecule has 0 bridgehead atoms. The standard InChI is InChI=1S/C12H19FN2/c1-10(15-8-3-2-7-14)11-5-4-6-12(13)9-11/h4-6,9-10,15H,2-3,7-8,14H2,1H3. The van der Waals surface area contributed by atoms with Gasteiger partial charge in [0.25, 0.3) is 0 Å². The van der Waals surface area contributed by atoms with E-state index >= 15 is 0 Å². The zero-order valence-corrected chi connectivity index (χ0v) is 9.17. The Labute approximate surface area is 90.7 Å². The second-order valence-corrected chi connectivity index (χ2v) is 3.73. The molecular weight excluding hydrogens is 191 g/mol. The maximum Gasteiger partial charge on any atom is 0.123 e. The van der Waals surface area contributed by atoms with Crippen LogP contribution in [0, 0.1) is 5.82 Å². The highest BCUT2D eigenvalue weighted by molar-refractivity contribution is 5.19. The molecule has 0 fully saturated rings. The minimum atomic E-state index is -0.178. The van der Waals surface area contributed by atoms with Crippen molar-refractivity contribution >= 4 is 0 Å². The summed E-state index contributed by atoms with van der Waals surface area (Å²) in [6.45, 7) is 3.70. The van der Waals surface area contributed by atoms with Gasteiger partial charge in [-0.15, -0.1) is 0 Å². The zero-order chi connectivity index (χ0) is 11.1. The van der Waals surface area contributed by atoms with E-state index < -0.39 is 0 Å². The van der Waals surface area contributed by atoms with Gasteiger partial charge in [0.05, 0.1) is 0 Å². The summed E-state index contributed by atoms with van der Waals surface area (Å²) in [4.78, 5) is 0. The maximum atomic E-state index is 12.9. The SMILES string of the molecule is CC(NCCCCN)c1cccc(F)c1. The summed E-state index contributed by atoms with van der Waals surface area (Å²) in [6.07, 6.45) is 2.10. The Kier molecular flexibility index (Phi) is 5.29. The second-order valence-electron chi connectivity index (χ2n) is 3.73. The highest BCUT2D eigenvalue weighted by atomic mass is 19.1. The predicted octanol–water partition coefficient (Wildman–Crippen LogP) is 2.22. The van der Waals surface area contributed by atoms with Crippen molar-refractivity contribution in [3.8, 4) is 0 Å². The van der Waals surface area contributed by atoms with E-state index in [2.05, 4.69) is 5.32 Å². The van der Waals surface area contributed by atoms with Crippen LogP contribution in [0.2, 0.25) is 0 Å². The normalized spacial score (nSPS) is 12.7. The molecule has 0 aliphatic carbocycles. The van der Waals surface area contributed by atoms with Crippen molar-refractivity contribution in [2.24, 2.45) is 5.73 Å². The fraction of sp³-hybridized carbons (Fsp3) is 0.500. The van der Waals surface area contributed by atoms with Crippen molar-refractivity contribution in [2.45, 2.75) is 25.8 Å². The molecule has 0 saturated heterocycles. The average molecular weight is 210 g/mol. The largest absolute Gasteiger partial charge is 0.330 e. The number of rotatable bonds is 6. The summed E-state index contributed by atoms with van der Waals surface area (Å²) in [6, 6.07) is 6.90. The average Bonchev–Trinajstić information content (AvgIpc) is 2.24. The molecule has 1 aromatic carbocycles. The number of nitrogens with one attached hydrogen (secondary N) is 1. The lowest BCUT2D eigenvalue weighted by atomic mass is 10.1. The van der Waals surface area contributed by atoms with E-state index in [1.165, 1.54) is 6.07 Å². The first-order valence-electron chi connectivity index (χ1n) is 5.43. The lowest BCUT2D eigenvalue weighted by Gasteiger charge is -2.13. The molecule has 15 heavy (non-hydrogen) atoms. The molecular formula is C12H19FN2. The smallest absolute Gasteiger partial charge is 0.123 e. The highest BCUT2D eigenvalue weighted by Gasteiger charge is 2.04. The second kappa shape index (κ2) is 6.53. The van der Waals surface area contributed by atoms with Crippen molar-refractivity contribution in [3.05, 3.63) is 35.6 Å². The van der Waals surface area contributed by atoms with Crippen molar-refractivity contribution in [2.75, 3.05) is 13.1 Å². The molecule has 0 radical (unpaired) electrons. The molecule has 1 aromatic rings. The predicted molar refractivity (Wildman–Crippen MR) is 61.1 cm³/mol. The van der Waals surface area contributed by atoms with Gasteiger partial charge in [0.2, 0.25) is 0 Å². The lowest BCUT2D eigenvalue weighted by molar-refractivity contribution is 0.543. The van der Waals surface area contributed by atoms with Gasteiger partial charge in [0.1, 0.15) is 5.82 Å². The molecule has 0 aliphatic heterocycles. The van der Waals surface area contributed by atoms with Crippen LogP contribution in [0.1, 0.15) is 31.4 Å². The molecule has 1 unspecified atom stereocenters. The Morgan fingerprint density at radius 2 is 2.20 bits per heavy atom. The van der Waals surface area contributed by atoms with Crippen LogP contribution in [-0.4, -0.2) is 13.1 Å². The molecule has 0 heterocycles. The Morgan fingerprint density at radius 1 is 1.40 bits per heavy atom. The van der Waals surface area contributed by atoms with E-state index in [4.69, 9.17) is 5.73 Å². The highest BCUT2D eigenvalue weighted by Crippen LogP contribution is 2.13. The number of hydrogen-bond donors (Lipinski definition) is 2. The Hall–Kier alpha value is -0.930. The van der Waals surface area contributed by atoms with E-state index in [9.17, 15) is 4.39 Å². The van der Waals surface area contributed by atoms with Crippen LogP contribution < -0.4 is 11.1 Å². The van der Waals surface area contributed by atoms with Gasteiger partial charge in [0, 0.05) is 6.04 Å². The van der Waals surface area contributed by atoms with Crippen molar-refractivity contribution < 1.29 is 4.39 Å². The molecule has 1 atom stereocenters. The quantitative estimate of drug-likeness (QED) is 0.706. The minimum absolute atomic E-state index is 0.178. The number of nitrogens with two attached hydrogens (primary N) is 1.